The van der Waals surface area contributed by atoms with Crippen LogP contribution in [0.3, 0.4) is 0 Å². The average Bonchev–Trinajstić information content (AvgIpc) is 3.10. The molecule has 1 aromatic heterocycles. The third kappa shape index (κ3) is 3.54. The Labute approximate surface area is 170 Å². The largest absolute Gasteiger partial charge is 0.504 e. The van der Waals surface area contributed by atoms with Crippen molar-refractivity contribution in [1.29, 1.82) is 0 Å². The SMILES string of the molecule is COc1cccc(C=Nc2ccc3oc(-c4ccc(Cl)cc4Cl)nc3c2)c1O. The summed E-state index contributed by atoms with van der Waals surface area (Å²) in [7, 11) is 1.50. The minimum atomic E-state index is 0.0379. The van der Waals surface area contributed by atoms with Gasteiger partial charge in [0.05, 0.1) is 23.4 Å². The Bertz CT molecular complexity index is 1200. The first-order valence-electron chi connectivity index (χ1n) is 8.31. The fourth-order valence-electron chi connectivity index (χ4n) is 2.73. The van der Waals surface area contributed by atoms with Crippen molar-refractivity contribution in [1.82, 2.24) is 4.98 Å². The number of oxazole rings is 1. The first kappa shape index (κ1) is 18.3. The topological polar surface area (TPSA) is 67.9 Å². The van der Waals surface area contributed by atoms with Gasteiger partial charge in [-0.3, -0.25) is 4.99 Å². The Balaban J connectivity index is 1.67. The van der Waals surface area contributed by atoms with Gasteiger partial charge in [0.1, 0.15) is 5.52 Å². The van der Waals surface area contributed by atoms with Crippen LogP contribution in [0.4, 0.5) is 5.69 Å². The molecule has 4 rings (SSSR count). The summed E-state index contributed by atoms with van der Waals surface area (Å²) in [5.41, 5.74) is 3.13. The Kier molecular flexibility index (Phi) is 4.94. The van der Waals surface area contributed by atoms with Crippen LogP contribution in [-0.2, 0) is 0 Å². The van der Waals surface area contributed by atoms with Gasteiger partial charge in [-0.2, -0.15) is 0 Å². The van der Waals surface area contributed by atoms with E-state index >= 15 is 0 Å². The van der Waals surface area contributed by atoms with Crippen molar-refractivity contribution >= 4 is 46.2 Å². The molecule has 0 radical (unpaired) electrons. The van der Waals surface area contributed by atoms with Crippen molar-refractivity contribution in [3.63, 3.8) is 0 Å². The zero-order valence-corrected chi connectivity index (χ0v) is 16.2. The van der Waals surface area contributed by atoms with Gasteiger partial charge in [-0.25, -0.2) is 4.98 Å². The van der Waals surface area contributed by atoms with Crippen LogP contribution in [0.1, 0.15) is 5.56 Å². The van der Waals surface area contributed by atoms with Gasteiger partial charge in [-0.05, 0) is 48.5 Å². The number of aromatic hydroxyl groups is 1. The van der Waals surface area contributed by atoms with E-state index < -0.39 is 0 Å². The Morgan fingerprint density at radius 3 is 2.75 bits per heavy atom. The van der Waals surface area contributed by atoms with E-state index in [9.17, 15) is 5.11 Å². The number of halogens is 2. The smallest absolute Gasteiger partial charge is 0.228 e. The van der Waals surface area contributed by atoms with E-state index in [0.717, 1.165) is 0 Å². The van der Waals surface area contributed by atoms with E-state index in [1.165, 1.54) is 7.11 Å². The van der Waals surface area contributed by atoms with E-state index in [1.54, 1.807) is 60.8 Å². The highest BCUT2D eigenvalue weighted by Gasteiger charge is 2.12. The minimum absolute atomic E-state index is 0.0379. The third-order valence-electron chi connectivity index (χ3n) is 4.14. The van der Waals surface area contributed by atoms with Gasteiger partial charge in [0.15, 0.2) is 17.1 Å². The second-order valence-corrected chi connectivity index (χ2v) is 6.80. The number of hydrogen-bond donors (Lipinski definition) is 1. The molecule has 0 saturated heterocycles. The standard InChI is InChI=1S/C21H14Cl2N2O3/c1-27-19-4-2-3-12(20(19)26)11-24-14-6-8-18-17(10-14)25-21(28-18)15-7-5-13(22)9-16(15)23/h2-11,26H,1H3. The van der Waals surface area contributed by atoms with Crippen molar-refractivity contribution in [3.8, 4) is 23.0 Å². The van der Waals surface area contributed by atoms with Gasteiger partial charge in [-0.1, -0.05) is 29.3 Å². The summed E-state index contributed by atoms with van der Waals surface area (Å²) >= 11 is 12.2. The highest BCUT2D eigenvalue weighted by molar-refractivity contribution is 6.36. The molecule has 0 aliphatic carbocycles. The first-order valence-corrected chi connectivity index (χ1v) is 9.07. The van der Waals surface area contributed by atoms with Crippen LogP contribution in [0.2, 0.25) is 10.0 Å². The molecular formula is C21H14Cl2N2O3. The molecule has 4 aromatic rings. The van der Waals surface area contributed by atoms with Gasteiger partial charge in [0.25, 0.3) is 0 Å². The number of ether oxygens (including phenoxy) is 1. The highest BCUT2D eigenvalue weighted by Crippen LogP contribution is 2.33. The summed E-state index contributed by atoms with van der Waals surface area (Å²) in [6.07, 6.45) is 1.57. The molecule has 1 N–H and O–H groups in total. The Morgan fingerprint density at radius 1 is 1.11 bits per heavy atom. The summed E-state index contributed by atoms with van der Waals surface area (Å²) in [4.78, 5) is 8.90. The minimum Gasteiger partial charge on any atom is -0.504 e. The fraction of sp³-hybridized carbons (Fsp3) is 0.0476. The summed E-state index contributed by atoms with van der Waals surface area (Å²) in [6.45, 7) is 0. The lowest BCUT2D eigenvalue weighted by Crippen LogP contribution is -1.88. The van der Waals surface area contributed by atoms with Crippen molar-refractivity contribution in [2.45, 2.75) is 0 Å². The van der Waals surface area contributed by atoms with Crippen LogP contribution < -0.4 is 4.74 Å². The molecule has 0 bridgehead atoms. The van der Waals surface area contributed by atoms with Gasteiger partial charge >= 0.3 is 0 Å². The van der Waals surface area contributed by atoms with Crippen LogP contribution >= 0.6 is 23.2 Å². The van der Waals surface area contributed by atoms with E-state index in [-0.39, 0.29) is 5.75 Å². The normalized spacial score (nSPS) is 11.4. The van der Waals surface area contributed by atoms with E-state index in [1.807, 2.05) is 0 Å². The number of aromatic nitrogens is 1. The third-order valence-corrected chi connectivity index (χ3v) is 4.68. The van der Waals surface area contributed by atoms with Crippen LogP contribution in [0.15, 0.2) is 64.0 Å². The van der Waals surface area contributed by atoms with Gasteiger partial charge in [0.2, 0.25) is 5.89 Å². The molecule has 0 saturated carbocycles. The van der Waals surface area contributed by atoms with Crippen LogP contribution in [0.5, 0.6) is 11.5 Å². The van der Waals surface area contributed by atoms with Gasteiger partial charge in [0, 0.05) is 16.8 Å². The summed E-state index contributed by atoms with van der Waals surface area (Å²) in [5, 5.41) is 11.2. The molecule has 140 valence electrons. The van der Waals surface area contributed by atoms with Crippen molar-refractivity contribution in [3.05, 3.63) is 70.2 Å². The lowest BCUT2D eigenvalue weighted by molar-refractivity contribution is 0.373. The molecule has 7 heteroatoms. The number of nitrogens with zero attached hydrogens (tertiary/aromatic N) is 2. The molecular weight excluding hydrogens is 399 g/mol. The number of rotatable bonds is 4. The maximum Gasteiger partial charge on any atom is 0.228 e. The van der Waals surface area contributed by atoms with Crippen molar-refractivity contribution in [2.24, 2.45) is 4.99 Å². The summed E-state index contributed by atoms with van der Waals surface area (Å²) < 4.78 is 10.9. The lowest BCUT2D eigenvalue weighted by atomic mass is 10.2. The quantitative estimate of drug-likeness (QED) is 0.401. The zero-order valence-electron chi connectivity index (χ0n) is 14.7. The van der Waals surface area contributed by atoms with Gasteiger partial charge in [-0.15, -0.1) is 0 Å². The van der Waals surface area contributed by atoms with E-state index in [0.29, 0.717) is 49.6 Å². The average molecular weight is 413 g/mol. The number of para-hydroxylation sites is 1. The van der Waals surface area contributed by atoms with Gasteiger partial charge < -0.3 is 14.3 Å². The Hall–Kier alpha value is -3.02. The molecule has 0 fully saturated rings. The van der Waals surface area contributed by atoms with E-state index in [4.69, 9.17) is 32.4 Å². The molecule has 3 aromatic carbocycles. The predicted octanol–water partition coefficient (Wildman–Crippen LogP) is 6.27. The van der Waals surface area contributed by atoms with Crippen LogP contribution in [0, 0.1) is 0 Å². The number of methoxy groups -OCH3 is 1. The molecule has 0 aliphatic rings. The number of hydrogen-bond acceptors (Lipinski definition) is 5. The monoisotopic (exact) mass is 412 g/mol. The molecule has 0 unspecified atom stereocenters. The lowest BCUT2D eigenvalue weighted by Gasteiger charge is -2.04. The predicted molar refractivity (Wildman–Crippen MR) is 111 cm³/mol. The second-order valence-electron chi connectivity index (χ2n) is 5.95. The number of aliphatic imine (C=N–C) groups is 1. The van der Waals surface area contributed by atoms with Crippen LogP contribution in [-0.4, -0.2) is 23.4 Å². The first-order chi connectivity index (χ1) is 13.5. The number of phenolic OH excluding ortho intramolecular Hbond substituents is 1. The fourth-order valence-corrected chi connectivity index (χ4v) is 3.22. The molecule has 1 heterocycles. The molecule has 0 aliphatic heterocycles. The maximum atomic E-state index is 10.1. The zero-order chi connectivity index (χ0) is 19.7. The highest BCUT2D eigenvalue weighted by atomic mass is 35.5. The molecule has 0 atom stereocenters. The molecule has 0 amide bonds. The molecule has 5 nitrogen and oxygen atoms in total. The summed E-state index contributed by atoms with van der Waals surface area (Å²) in [5.74, 6) is 0.833. The number of phenols is 1. The molecule has 28 heavy (non-hydrogen) atoms. The van der Waals surface area contributed by atoms with Crippen molar-refractivity contribution in [2.75, 3.05) is 7.11 Å². The Morgan fingerprint density at radius 2 is 1.96 bits per heavy atom. The maximum absolute atomic E-state index is 10.1. The van der Waals surface area contributed by atoms with Crippen molar-refractivity contribution < 1.29 is 14.3 Å². The second kappa shape index (κ2) is 7.54. The van der Waals surface area contributed by atoms with Crippen LogP contribution in [0.25, 0.3) is 22.6 Å². The summed E-state index contributed by atoms with van der Waals surface area (Å²) in [6, 6.07) is 15.7. The number of fused-ring (bicyclic) bond motifs is 1. The molecule has 0 spiro atoms. The number of benzene rings is 3. The van der Waals surface area contributed by atoms with E-state index in [2.05, 4.69) is 9.98 Å².